The van der Waals surface area contributed by atoms with Gasteiger partial charge in [0.15, 0.2) is 5.78 Å². The highest BCUT2D eigenvalue weighted by atomic mass is 16.1. The summed E-state index contributed by atoms with van der Waals surface area (Å²) in [5, 5.41) is 0.560. The molecule has 2 N–H and O–H groups in total. The lowest BCUT2D eigenvalue weighted by atomic mass is 10.1. The highest BCUT2D eigenvalue weighted by Gasteiger charge is 2.10. The number of allylic oxidation sites excluding steroid dienone is 1. The Morgan fingerprint density at radius 3 is 2.38 bits per heavy atom. The quantitative estimate of drug-likeness (QED) is 0.327. The van der Waals surface area contributed by atoms with Crippen LogP contribution in [-0.4, -0.2) is 15.3 Å². The summed E-state index contributed by atoms with van der Waals surface area (Å²) in [6.07, 6.45) is 3.27. The van der Waals surface area contributed by atoms with Crippen molar-refractivity contribution in [3.8, 4) is 5.69 Å². The molecular weight excluding hydrogens is 362 g/mol. The number of nitrogen functional groups attached to an aromatic ring is 1. The predicted molar refractivity (Wildman–Crippen MR) is 116 cm³/mol. The van der Waals surface area contributed by atoms with E-state index in [4.69, 9.17) is 5.73 Å². The van der Waals surface area contributed by atoms with Crippen molar-refractivity contribution in [1.82, 2.24) is 9.55 Å². The van der Waals surface area contributed by atoms with Gasteiger partial charge in [-0.2, -0.15) is 0 Å². The summed E-state index contributed by atoms with van der Waals surface area (Å²) in [6.45, 7) is 1.79. The van der Waals surface area contributed by atoms with Crippen molar-refractivity contribution in [2.24, 2.45) is 0 Å². The van der Waals surface area contributed by atoms with E-state index >= 15 is 0 Å². The summed E-state index contributed by atoms with van der Waals surface area (Å²) in [4.78, 5) is 29.9. The van der Waals surface area contributed by atoms with E-state index in [0.717, 1.165) is 5.56 Å². The molecule has 0 atom stereocenters. The van der Waals surface area contributed by atoms with E-state index < -0.39 is 0 Å². The monoisotopic (exact) mass is 381 g/mol. The Labute approximate surface area is 167 Å². The molecule has 4 rings (SSSR count). The molecule has 0 radical (unpaired) electrons. The molecule has 5 heteroatoms. The predicted octanol–water partition coefficient (Wildman–Crippen LogP) is 4.17. The van der Waals surface area contributed by atoms with Crippen LogP contribution in [0.1, 0.15) is 21.7 Å². The Kier molecular flexibility index (Phi) is 4.79. The average molecular weight is 381 g/mol. The third kappa shape index (κ3) is 3.71. The number of aryl methyl sites for hydroxylation is 1. The minimum absolute atomic E-state index is 0.117. The maximum atomic E-state index is 12.9. The first-order chi connectivity index (χ1) is 14.0. The Balaban J connectivity index is 1.63. The fourth-order valence-corrected chi connectivity index (χ4v) is 3.20. The van der Waals surface area contributed by atoms with Crippen molar-refractivity contribution in [2.75, 3.05) is 5.73 Å². The van der Waals surface area contributed by atoms with Gasteiger partial charge in [0.25, 0.3) is 5.56 Å². The van der Waals surface area contributed by atoms with Crippen LogP contribution < -0.4 is 11.3 Å². The fourth-order valence-electron chi connectivity index (χ4n) is 3.20. The van der Waals surface area contributed by atoms with Crippen molar-refractivity contribution in [2.45, 2.75) is 6.92 Å². The van der Waals surface area contributed by atoms with Crippen LogP contribution in [0.2, 0.25) is 0 Å². The van der Waals surface area contributed by atoms with E-state index in [0.29, 0.717) is 33.7 Å². The van der Waals surface area contributed by atoms with Gasteiger partial charge in [0.05, 0.1) is 16.6 Å². The Bertz CT molecular complexity index is 1280. The molecule has 0 saturated heterocycles. The molecule has 4 aromatic rings. The number of fused-ring (bicyclic) bond motifs is 1. The SMILES string of the molecule is Cc1nc2ccccc2c(=O)n1-c1ccc(C(=O)C=Cc2ccc(N)cc2)cc1. The van der Waals surface area contributed by atoms with Gasteiger partial charge in [-0.25, -0.2) is 4.98 Å². The van der Waals surface area contributed by atoms with Crippen LogP contribution in [0.5, 0.6) is 0 Å². The molecule has 0 aliphatic heterocycles. The smallest absolute Gasteiger partial charge is 0.265 e. The number of carbonyl (C=O) groups excluding carboxylic acids is 1. The Hall–Kier alpha value is -3.99. The summed E-state index contributed by atoms with van der Waals surface area (Å²) >= 11 is 0. The van der Waals surface area contributed by atoms with Gasteiger partial charge >= 0.3 is 0 Å². The summed E-state index contributed by atoms with van der Waals surface area (Å²) in [5.74, 6) is 0.477. The lowest BCUT2D eigenvalue weighted by molar-refractivity contribution is 0.104. The van der Waals surface area contributed by atoms with Gasteiger partial charge in [-0.15, -0.1) is 0 Å². The van der Waals surface area contributed by atoms with Crippen molar-refractivity contribution >= 4 is 28.4 Å². The first-order valence-corrected chi connectivity index (χ1v) is 9.20. The van der Waals surface area contributed by atoms with Gasteiger partial charge in [0.2, 0.25) is 0 Å². The number of rotatable bonds is 4. The molecular formula is C24H19N3O2. The van der Waals surface area contributed by atoms with E-state index in [9.17, 15) is 9.59 Å². The molecule has 0 fully saturated rings. The molecule has 3 aromatic carbocycles. The second kappa shape index (κ2) is 7.56. The second-order valence-electron chi connectivity index (χ2n) is 6.73. The topological polar surface area (TPSA) is 78.0 Å². The van der Waals surface area contributed by atoms with Gasteiger partial charge in [0, 0.05) is 11.3 Å². The molecule has 0 saturated carbocycles. The van der Waals surface area contributed by atoms with Crippen LogP contribution in [0.15, 0.2) is 83.7 Å². The van der Waals surface area contributed by atoms with E-state index in [1.165, 1.54) is 6.08 Å². The number of nitrogens with zero attached hydrogens (tertiary/aromatic N) is 2. The normalized spacial score (nSPS) is 11.2. The molecule has 0 spiro atoms. The Morgan fingerprint density at radius 1 is 0.966 bits per heavy atom. The van der Waals surface area contributed by atoms with Gasteiger partial charge in [0.1, 0.15) is 5.82 Å². The zero-order valence-electron chi connectivity index (χ0n) is 15.9. The fraction of sp³-hybridized carbons (Fsp3) is 0.0417. The number of nitrogens with two attached hydrogens (primary N) is 1. The standard InChI is InChI=1S/C24H19N3O2/c1-16-26-22-5-3-2-4-21(22)24(29)27(16)20-13-9-18(10-14-20)23(28)15-8-17-6-11-19(25)12-7-17/h2-15H,25H2,1H3. The lowest BCUT2D eigenvalue weighted by Gasteiger charge is -2.11. The van der Waals surface area contributed by atoms with Crippen LogP contribution in [0.4, 0.5) is 5.69 Å². The van der Waals surface area contributed by atoms with Crippen molar-refractivity contribution < 1.29 is 4.79 Å². The lowest BCUT2D eigenvalue weighted by Crippen LogP contribution is -2.22. The molecule has 1 aromatic heterocycles. The first kappa shape index (κ1) is 18.4. The van der Waals surface area contributed by atoms with Crippen molar-refractivity contribution in [1.29, 1.82) is 0 Å². The summed E-state index contributed by atoms with van der Waals surface area (Å²) in [5.41, 5.74) is 9.00. The molecule has 1 heterocycles. The maximum absolute atomic E-state index is 12.9. The highest BCUT2D eigenvalue weighted by Crippen LogP contribution is 2.15. The number of ketones is 1. The summed E-state index contributed by atoms with van der Waals surface area (Å²) in [7, 11) is 0. The molecule has 0 aliphatic carbocycles. The van der Waals surface area contributed by atoms with E-state index in [-0.39, 0.29) is 11.3 Å². The second-order valence-corrected chi connectivity index (χ2v) is 6.73. The highest BCUT2D eigenvalue weighted by molar-refractivity contribution is 6.06. The average Bonchev–Trinajstić information content (AvgIpc) is 2.73. The number of aromatic nitrogens is 2. The van der Waals surface area contributed by atoms with E-state index in [2.05, 4.69) is 4.98 Å². The van der Waals surface area contributed by atoms with Gasteiger partial charge in [-0.3, -0.25) is 14.2 Å². The molecule has 0 aliphatic rings. The van der Waals surface area contributed by atoms with Crippen molar-refractivity contribution in [3.63, 3.8) is 0 Å². The van der Waals surface area contributed by atoms with Gasteiger partial charge in [-0.1, -0.05) is 30.3 Å². The minimum atomic E-state index is -0.129. The van der Waals surface area contributed by atoms with Crippen LogP contribution in [0, 0.1) is 6.92 Å². The number of anilines is 1. The number of carbonyl (C=O) groups is 1. The largest absolute Gasteiger partial charge is 0.399 e. The van der Waals surface area contributed by atoms with Crippen molar-refractivity contribution in [3.05, 3.63) is 106 Å². The minimum Gasteiger partial charge on any atom is -0.399 e. The summed E-state index contributed by atoms with van der Waals surface area (Å²) < 4.78 is 1.56. The third-order valence-electron chi connectivity index (χ3n) is 4.72. The maximum Gasteiger partial charge on any atom is 0.265 e. The Morgan fingerprint density at radius 2 is 1.66 bits per heavy atom. The van der Waals surface area contributed by atoms with Gasteiger partial charge < -0.3 is 5.73 Å². The third-order valence-corrected chi connectivity index (χ3v) is 4.72. The number of hydrogen-bond donors (Lipinski definition) is 1. The zero-order chi connectivity index (χ0) is 20.4. The molecule has 0 bridgehead atoms. The van der Waals surface area contributed by atoms with E-state index in [1.54, 1.807) is 60.0 Å². The van der Waals surface area contributed by atoms with Crippen LogP contribution >= 0.6 is 0 Å². The number of hydrogen-bond acceptors (Lipinski definition) is 4. The summed E-state index contributed by atoms with van der Waals surface area (Å²) in [6, 6.07) is 21.5. The van der Waals surface area contributed by atoms with Crippen LogP contribution in [0.3, 0.4) is 0 Å². The molecule has 29 heavy (non-hydrogen) atoms. The molecule has 0 unspecified atom stereocenters. The molecule has 0 amide bonds. The number of para-hydroxylation sites is 1. The first-order valence-electron chi connectivity index (χ1n) is 9.20. The van der Waals surface area contributed by atoms with Crippen LogP contribution in [-0.2, 0) is 0 Å². The van der Waals surface area contributed by atoms with E-state index in [1.807, 2.05) is 30.3 Å². The van der Waals surface area contributed by atoms with Gasteiger partial charge in [-0.05, 0) is 67.1 Å². The molecule has 5 nitrogen and oxygen atoms in total. The molecule has 142 valence electrons. The number of benzene rings is 3. The zero-order valence-corrected chi connectivity index (χ0v) is 15.9. The van der Waals surface area contributed by atoms with Crippen LogP contribution in [0.25, 0.3) is 22.7 Å².